The number of ether oxygens (including phenoxy) is 2. The van der Waals surface area contributed by atoms with E-state index in [9.17, 15) is 14.4 Å². The Balaban J connectivity index is 4.72. The van der Waals surface area contributed by atoms with Crippen LogP contribution < -0.4 is 10.6 Å². The van der Waals surface area contributed by atoms with E-state index < -0.39 is 35.7 Å². The summed E-state index contributed by atoms with van der Waals surface area (Å²) in [4.78, 5) is 35.2. The second-order valence-corrected chi connectivity index (χ2v) is 6.12. The molecular formula is C14H26N2O5. The maximum atomic E-state index is 12.1. The van der Waals surface area contributed by atoms with Crippen molar-refractivity contribution in [3.05, 3.63) is 0 Å². The van der Waals surface area contributed by atoms with Crippen LogP contribution in [-0.4, -0.2) is 42.8 Å². The maximum Gasteiger partial charge on any atom is 0.408 e. The molecule has 0 heterocycles. The number of methoxy groups -OCH3 is 1. The van der Waals surface area contributed by atoms with E-state index in [-0.39, 0.29) is 5.92 Å². The van der Waals surface area contributed by atoms with Crippen molar-refractivity contribution >= 4 is 18.0 Å². The van der Waals surface area contributed by atoms with Gasteiger partial charge in [0.25, 0.3) is 0 Å². The van der Waals surface area contributed by atoms with Crippen molar-refractivity contribution in [1.29, 1.82) is 0 Å². The highest BCUT2D eigenvalue weighted by Crippen LogP contribution is 2.09. The van der Waals surface area contributed by atoms with Crippen LogP contribution in [0.4, 0.5) is 4.79 Å². The average molecular weight is 302 g/mol. The summed E-state index contributed by atoms with van der Waals surface area (Å²) in [5.74, 6) is -1.18. The van der Waals surface area contributed by atoms with Crippen LogP contribution in [0.3, 0.4) is 0 Å². The minimum absolute atomic E-state index is 0.164. The van der Waals surface area contributed by atoms with Crippen LogP contribution >= 0.6 is 0 Å². The lowest BCUT2D eigenvalue weighted by molar-refractivity contribution is -0.144. The van der Waals surface area contributed by atoms with Crippen molar-refractivity contribution < 1.29 is 23.9 Å². The Labute approximate surface area is 125 Å². The zero-order chi connectivity index (χ0) is 16.8. The molecule has 0 aromatic heterocycles. The number of hydrogen-bond donors (Lipinski definition) is 2. The Bertz CT molecular complexity index is 387. The Morgan fingerprint density at radius 1 is 1.00 bits per heavy atom. The minimum Gasteiger partial charge on any atom is -0.467 e. The molecule has 2 unspecified atom stereocenters. The third-order valence-corrected chi connectivity index (χ3v) is 2.53. The van der Waals surface area contributed by atoms with Crippen LogP contribution in [0, 0.1) is 5.92 Å². The molecule has 122 valence electrons. The van der Waals surface area contributed by atoms with Crippen molar-refractivity contribution in [3.63, 3.8) is 0 Å². The van der Waals surface area contributed by atoms with Gasteiger partial charge >= 0.3 is 12.1 Å². The third-order valence-electron chi connectivity index (χ3n) is 2.53. The number of alkyl carbamates (subject to hydrolysis) is 1. The molecule has 0 saturated heterocycles. The summed E-state index contributed by atoms with van der Waals surface area (Å²) in [6.45, 7) is 10.3. The molecule has 0 aliphatic heterocycles. The van der Waals surface area contributed by atoms with Gasteiger partial charge in [-0.2, -0.15) is 0 Å². The van der Waals surface area contributed by atoms with Crippen LogP contribution in [0.5, 0.6) is 0 Å². The molecular weight excluding hydrogens is 276 g/mol. The monoisotopic (exact) mass is 302 g/mol. The highest BCUT2D eigenvalue weighted by Gasteiger charge is 2.28. The summed E-state index contributed by atoms with van der Waals surface area (Å²) < 4.78 is 9.65. The normalized spacial score (nSPS) is 14.1. The standard InChI is InChI=1S/C14H26N2O5/c1-8(2)10(16-13(19)21-14(4,5)6)11(17)15-9(3)12(18)20-7/h8-10H,1-7H3,(H,15,17)(H,16,19). The molecule has 2 N–H and O–H groups in total. The van der Waals surface area contributed by atoms with Crippen LogP contribution in [0.25, 0.3) is 0 Å². The average Bonchev–Trinajstić information content (AvgIpc) is 2.31. The van der Waals surface area contributed by atoms with Gasteiger partial charge in [0.1, 0.15) is 17.7 Å². The number of nitrogens with one attached hydrogen (secondary N) is 2. The topological polar surface area (TPSA) is 93.7 Å². The van der Waals surface area contributed by atoms with Gasteiger partial charge in [-0.3, -0.25) is 4.79 Å². The largest absolute Gasteiger partial charge is 0.467 e. The number of carbonyl (C=O) groups is 3. The molecule has 7 nitrogen and oxygen atoms in total. The van der Waals surface area contributed by atoms with Gasteiger partial charge in [0.15, 0.2) is 0 Å². The molecule has 2 atom stereocenters. The number of carbonyl (C=O) groups excluding carboxylic acids is 3. The molecule has 0 saturated carbocycles. The van der Waals surface area contributed by atoms with Crippen LogP contribution in [-0.2, 0) is 19.1 Å². The van der Waals surface area contributed by atoms with Gasteiger partial charge in [-0.1, -0.05) is 13.8 Å². The lowest BCUT2D eigenvalue weighted by Gasteiger charge is -2.26. The zero-order valence-electron chi connectivity index (χ0n) is 13.8. The van der Waals surface area contributed by atoms with E-state index in [0.29, 0.717) is 0 Å². The van der Waals surface area contributed by atoms with Crippen molar-refractivity contribution in [1.82, 2.24) is 10.6 Å². The maximum absolute atomic E-state index is 12.1. The zero-order valence-corrected chi connectivity index (χ0v) is 13.8. The molecule has 2 amide bonds. The lowest BCUT2D eigenvalue weighted by atomic mass is 10.0. The number of amides is 2. The fourth-order valence-corrected chi connectivity index (χ4v) is 1.51. The number of hydrogen-bond acceptors (Lipinski definition) is 5. The van der Waals surface area contributed by atoms with Crippen molar-refractivity contribution in [3.8, 4) is 0 Å². The summed E-state index contributed by atoms with van der Waals surface area (Å²) >= 11 is 0. The molecule has 0 aliphatic rings. The van der Waals surface area contributed by atoms with E-state index in [1.54, 1.807) is 34.6 Å². The Hall–Kier alpha value is -1.79. The molecule has 0 aromatic carbocycles. The summed E-state index contributed by atoms with van der Waals surface area (Å²) in [6, 6.07) is -1.59. The van der Waals surface area contributed by atoms with Crippen LogP contribution in [0.15, 0.2) is 0 Å². The number of rotatable bonds is 5. The van der Waals surface area contributed by atoms with E-state index in [2.05, 4.69) is 15.4 Å². The molecule has 21 heavy (non-hydrogen) atoms. The summed E-state index contributed by atoms with van der Waals surface area (Å²) in [5, 5.41) is 5.01. The van der Waals surface area contributed by atoms with E-state index in [0.717, 1.165) is 0 Å². The molecule has 7 heteroatoms. The first-order chi connectivity index (χ1) is 9.47. The van der Waals surface area contributed by atoms with Crippen molar-refractivity contribution in [2.75, 3.05) is 7.11 Å². The first-order valence-electron chi connectivity index (χ1n) is 6.85. The molecule has 0 spiro atoms. The van der Waals surface area contributed by atoms with Gasteiger partial charge in [0.2, 0.25) is 5.91 Å². The lowest BCUT2D eigenvalue weighted by Crippen LogP contribution is -2.53. The summed E-state index contributed by atoms with van der Waals surface area (Å²) in [7, 11) is 1.24. The summed E-state index contributed by atoms with van der Waals surface area (Å²) in [6.07, 6.45) is -0.679. The first kappa shape index (κ1) is 19.2. The molecule has 0 bridgehead atoms. The Morgan fingerprint density at radius 3 is 1.90 bits per heavy atom. The molecule has 0 aromatic rings. The predicted octanol–water partition coefficient (Wildman–Crippen LogP) is 1.21. The van der Waals surface area contributed by atoms with Crippen molar-refractivity contribution in [2.45, 2.75) is 59.2 Å². The third kappa shape index (κ3) is 7.53. The second-order valence-electron chi connectivity index (χ2n) is 6.12. The molecule has 0 aliphatic carbocycles. The van der Waals surface area contributed by atoms with Gasteiger partial charge in [-0.25, -0.2) is 9.59 Å². The highest BCUT2D eigenvalue weighted by atomic mass is 16.6. The molecule has 0 rings (SSSR count). The molecule has 0 radical (unpaired) electrons. The van der Waals surface area contributed by atoms with E-state index in [1.807, 2.05) is 0 Å². The number of esters is 1. The fourth-order valence-electron chi connectivity index (χ4n) is 1.51. The van der Waals surface area contributed by atoms with Crippen molar-refractivity contribution in [2.24, 2.45) is 5.92 Å². The first-order valence-corrected chi connectivity index (χ1v) is 6.85. The van der Waals surface area contributed by atoms with Gasteiger partial charge in [0.05, 0.1) is 7.11 Å². The van der Waals surface area contributed by atoms with Crippen LogP contribution in [0.1, 0.15) is 41.5 Å². The van der Waals surface area contributed by atoms with E-state index in [4.69, 9.17) is 4.74 Å². The molecule has 0 fully saturated rings. The Kier molecular flexibility index (Phi) is 7.18. The van der Waals surface area contributed by atoms with Gasteiger partial charge < -0.3 is 20.1 Å². The van der Waals surface area contributed by atoms with Gasteiger partial charge in [0, 0.05) is 0 Å². The van der Waals surface area contributed by atoms with E-state index in [1.165, 1.54) is 14.0 Å². The smallest absolute Gasteiger partial charge is 0.408 e. The summed E-state index contributed by atoms with van der Waals surface area (Å²) in [5.41, 5.74) is -0.651. The predicted molar refractivity (Wildman–Crippen MR) is 77.6 cm³/mol. The Morgan fingerprint density at radius 2 is 1.52 bits per heavy atom. The highest BCUT2D eigenvalue weighted by molar-refractivity contribution is 5.89. The SMILES string of the molecule is COC(=O)C(C)NC(=O)C(NC(=O)OC(C)(C)C)C(C)C. The van der Waals surface area contributed by atoms with Gasteiger partial charge in [-0.05, 0) is 33.6 Å². The van der Waals surface area contributed by atoms with E-state index >= 15 is 0 Å². The second kappa shape index (κ2) is 7.85. The van der Waals surface area contributed by atoms with Crippen LogP contribution in [0.2, 0.25) is 0 Å². The quantitative estimate of drug-likeness (QED) is 0.745. The fraction of sp³-hybridized carbons (Fsp3) is 0.786. The van der Waals surface area contributed by atoms with Gasteiger partial charge in [-0.15, -0.1) is 0 Å². The minimum atomic E-state index is -0.799.